The van der Waals surface area contributed by atoms with Crippen molar-refractivity contribution in [2.45, 2.75) is 39.3 Å². The minimum absolute atomic E-state index is 0.102. The van der Waals surface area contributed by atoms with Crippen LogP contribution in [0.2, 0.25) is 0 Å². The number of rotatable bonds is 8. The molecule has 0 aliphatic carbocycles. The van der Waals surface area contributed by atoms with Crippen LogP contribution >= 0.6 is 0 Å². The van der Waals surface area contributed by atoms with Crippen molar-refractivity contribution in [2.24, 2.45) is 0 Å². The van der Waals surface area contributed by atoms with E-state index < -0.39 is 53.9 Å². The lowest BCUT2D eigenvalue weighted by Crippen LogP contribution is -2.49. The van der Waals surface area contributed by atoms with Crippen LogP contribution in [0.3, 0.4) is 0 Å². The normalized spacial score (nSPS) is 11.7. The Morgan fingerprint density at radius 1 is 0.935 bits per heavy atom. The molecule has 6 nitrogen and oxygen atoms in total. The molecular formula is C22H23F3N2O4. The Morgan fingerprint density at radius 3 is 2.06 bits per heavy atom. The highest BCUT2D eigenvalue weighted by Gasteiger charge is 2.26. The van der Waals surface area contributed by atoms with E-state index in [0.717, 1.165) is 29.2 Å². The number of carbonyl (C=O) groups is 3. The second kappa shape index (κ2) is 10.6. The Morgan fingerprint density at radius 2 is 1.52 bits per heavy atom. The van der Waals surface area contributed by atoms with Crippen LogP contribution in [-0.4, -0.2) is 36.5 Å². The maximum Gasteiger partial charge on any atom is 0.326 e. The summed E-state index contributed by atoms with van der Waals surface area (Å²) in [5.41, 5.74) is 0.339. The number of ether oxygens (including phenoxy) is 1. The monoisotopic (exact) mass is 436 g/mol. The minimum Gasteiger partial charge on any atom is -0.462 e. The standard InChI is InChI=1S/C22H23F3N2O4/c1-13(2)31-21(29)12-27(19-6-4-16(23)5-7-19)22(30)14(3)26-20(28)10-15-8-17(24)11-18(25)9-15/h4-9,11,13-14H,10,12H2,1-3H3,(H,26,28)/t14-/m0/s1. The van der Waals surface area contributed by atoms with Gasteiger partial charge >= 0.3 is 5.97 Å². The van der Waals surface area contributed by atoms with Gasteiger partial charge < -0.3 is 10.1 Å². The number of nitrogens with zero attached hydrogens (tertiary/aromatic N) is 1. The first-order valence-electron chi connectivity index (χ1n) is 9.56. The Hall–Kier alpha value is -3.36. The van der Waals surface area contributed by atoms with Gasteiger partial charge in [-0.25, -0.2) is 13.2 Å². The number of benzene rings is 2. The van der Waals surface area contributed by atoms with Crippen LogP contribution in [0.25, 0.3) is 0 Å². The zero-order valence-electron chi connectivity index (χ0n) is 17.3. The highest BCUT2D eigenvalue weighted by atomic mass is 19.1. The number of nitrogens with one attached hydrogen (secondary N) is 1. The first kappa shape index (κ1) is 23.9. The lowest BCUT2D eigenvalue weighted by Gasteiger charge is -2.26. The van der Waals surface area contributed by atoms with Crippen molar-refractivity contribution in [1.82, 2.24) is 5.32 Å². The minimum atomic E-state index is -1.08. The van der Waals surface area contributed by atoms with Gasteiger partial charge in [-0.15, -0.1) is 0 Å². The molecule has 0 fully saturated rings. The molecule has 166 valence electrons. The van der Waals surface area contributed by atoms with Crippen molar-refractivity contribution in [3.05, 3.63) is 65.5 Å². The summed E-state index contributed by atoms with van der Waals surface area (Å²) >= 11 is 0. The van der Waals surface area contributed by atoms with Gasteiger partial charge in [-0.2, -0.15) is 0 Å². The zero-order valence-corrected chi connectivity index (χ0v) is 17.3. The van der Waals surface area contributed by atoms with Gasteiger partial charge in [0.05, 0.1) is 12.5 Å². The van der Waals surface area contributed by atoms with Crippen molar-refractivity contribution < 1.29 is 32.3 Å². The summed E-state index contributed by atoms with van der Waals surface area (Å²) in [7, 11) is 0. The number of carbonyl (C=O) groups excluding carboxylic acids is 3. The largest absolute Gasteiger partial charge is 0.462 e. The first-order valence-corrected chi connectivity index (χ1v) is 9.56. The molecule has 0 heterocycles. The van der Waals surface area contributed by atoms with Gasteiger partial charge in [-0.1, -0.05) is 0 Å². The van der Waals surface area contributed by atoms with Crippen molar-refractivity contribution in [3.63, 3.8) is 0 Å². The average molecular weight is 436 g/mol. The van der Waals surface area contributed by atoms with Crippen LogP contribution in [0, 0.1) is 17.5 Å². The van der Waals surface area contributed by atoms with E-state index in [1.165, 1.54) is 19.1 Å². The van der Waals surface area contributed by atoms with Crippen molar-refractivity contribution in [1.29, 1.82) is 0 Å². The zero-order chi connectivity index (χ0) is 23.1. The SMILES string of the molecule is CC(C)OC(=O)CN(C(=O)[C@H](C)NC(=O)Cc1cc(F)cc(F)c1)c1ccc(F)cc1. The van der Waals surface area contributed by atoms with Crippen LogP contribution in [0.15, 0.2) is 42.5 Å². The number of hydrogen-bond donors (Lipinski definition) is 1. The van der Waals surface area contributed by atoms with Gasteiger partial charge in [0, 0.05) is 11.8 Å². The lowest BCUT2D eigenvalue weighted by molar-refractivity contribution is -0.146. The summed E-state index contributed by atoms with van der Waals surface area (Å²) in [6.45, 7) is 4.26. The third-order valence-electron chi connectivity index (χ3n) is 4.09. The topological polar surface area (TPSA) is 75.7 Å². The Balaban J connectivity index is 2.13. The van der Waals surface area contributed by atoms with Gasteiger partial charge in [0.2, 0.25) is 11.8 Å². The third-order valence-corrected chi connectivity index (χ3v) is 4.09. The smallest absolute Gasteiger partial charge is 0.326 e. The number of esters is 1. The maximum atomic E-state index is 13.3. The number of amides is 2. The van der Waals surface area contributed by atoms with Gasteiger partial charge in [-0.3, -0.25) is 19.3 Å². The molecule has 2 amide bonds. The van der Waals surface area contributed by atoms with Gasteiger partial charge in [0.15, 0.2) is 0 Å². The molecule has 0 radical (unpaired) electrons. The molecule has 0 unspecified atom stereocenters. The van der Waals surface area contributed by atoms with Gasteiger partial charge in [0.1, 0.15) is 30.0 Å². The first-order chi connectivity index (χ1) is 14.5. The van der Waals surface area contributed by atoms with E-state index in [2.05, 4.69) is 5.32 Å². The Labute approximate surface area is 178 Å². The molecule has 1 N–H and O–H groups in total. The summed E-state index contributed by atoms with van der Waals surface area (Å²) in [6, 6.07) is 6.53. The number of halogens is 3. The van der Waals surface area contributed by atoms with Gasteiger partial charge in [0.25, 0.3) is 0 Å². The van der Waals surface area contributed by atoms with E-state index in [0.29, 0.717) is 6.07 Å². The second-order valence-corrected chi connectivity index (χ2v) is 7.18. The Bertz CT molecular complexity index is 928. The molecule has 31 heavy (non-hydrogen) atoms. The van der Waals surface area contributed by atoms with E-state index in [1.54, 1.807) is 13.8 Å². The molecule has 0 saturated carbocycles. The van der Waals surface area contributed by atoms with E-state index in [4.69, 9.17) is 4.74 Å². The van der Waals surface area contributed by atoms with E-state index in [-0.39, 0.29) is 17.7 Å². The summed E-state index contributed by atoms with van der Waals surface area (Å²) < 4.78 is 44.9. The molecule has 2 aromatic carbocycles. The second-order valence-electron chi connectivity index (χ2n) is 7.18. The summed E-state index contributed by atoms with van der Waals surface area (Å²) in [4.78, 5) is 38.4. The summed E-state index contributed by atoms with van der Waals surface area (Å²) in [6.07, 6.45) is -0.750. The van der Waals surface area contributed by atoms with Crippen LogP contribution in [0.4, 0.5) is 18.9 Å². The summed E-state index contributed by atoms with van der Waals surface area (Å²) in [5, 5.41) is 2.44. The van der Waals surface area contributed by atoms with Crippen molar-refractivity contribution >= 4 is 23.5 Å². The van der Waals surface area contributed by atoms with Gasteiger partial charge in [-0.05, 0) is 62.7 Å². The lowest BCUT2D eigenvalue weighted by atomic mass is 10.1. The third kappa shape index (κ3) is 7.44. The number of hydrogen-bond acceptors (Lipinski definition) is 4. The molecule has 2 rings (SSSR count). The van der Waals surface area contributed by atoms with Crippen LogP contribution < -0.4 is 10.2 Å². The van der Waals surface area contributed by atoms with Crippen molar-refractivity contribution in [3.8, 4) is 0 Å². The molecule has 0 aliphatic heterocycles. The molecule has 2 aromatic rings. The maximum absolute atomic E-state index is 13.3. The van der Waals surface area contributed by atoms with Crippen molar-refractivity contribution in [2.75, 3.05) is 11.4 Å². The Kier molecular flexibility index (Phi) is 8.18. The molecule has 0 aliphatic rings. The van der Waals surface area contributed by atoms with Crippen LogP contribution in [0.5, 0.6) is 0 Å². The van der Waals surface area contributed by atoms with Crippen LogP contribution in [-0.2, 0) is 25.5 Å². The highest BCUT2D eigenvalue weighted by Crippen LogP contribution is 2.17. The molecule has 0 spiro atoms. The quantitative estimate of drug-likeness (QED) is 0.646. The number of anilines is 1. The predicted molar refractivity (Wildman–Crippen MR) is 108 cm³/mol. The molecule has 9 heteroatoms. The molecular weight excluding hydrogens is 413 g/mol. The van der Waals surface area contributed by atoms with E-state index in [9.17, 15) is 27.6 Å². The fraction of sp³-hybridized carbons (Fsp3) is 0.318. The summed E-state index contributed by atoms with van der Waals surface area (Å²) in [5.74, 6) is -4.14. The van der Waals surface area contributed by atoms with Crippen LogP contribution in [0.1, 0.15) is 26.3 Å². The highest BCUT2D eigenvalue weighted by molar-refractivity contribution is 6.02. The van der Waals surface area contributed by atoms with E-state index in [1.807, 2.05) is 0 Å². The average Bonchev–Trinajstić information content (AvgIpc) is 2.64. The molecule has 1 atom stereocenters. The molecule has 0 bridgehead atoms. The fourth-order valence-electron chi connectivity index (χ4n) is 2.83. The molecule has 0 aromatic heterocycles. The van der Waals surface area contributed by atoms with E-state index >= 15 is 0 Å². The molecule has 0 saturated heterocycles. The predicted octanol–water partition coefficient (Wildman–Crippen LogP) is 3.14. The fourth-order valence-corrected chi connectivity index (χ4v) is 2.83.